The van der Waals surface area contributed by atoms with Crippen LogP contribution in [0.4, 0.5) is 8.78 Å². The Kier molecular flexibility index (Phi) is 4.26. The highest BCUT2D eigenvalue weighted by molar-refractivity contribution is 4.84. The zero-order valence-corrected chi connectivity index (χ0v) is 9.02. The first-order valence-corrected chi connectivity index (χ1v) is 5.33. The first kappa shape index (κ1) is 11.9. The lowest BCUT2D eigenvalue weighted by Gasteiger charge is -2.32. The van der Waals surface area contributed by atoms with Gasteiger partial charge in [0.15, 0.2) is 0 Å². The van der Waals surface area contributed by atoms with E-state index in [1.807, 2.05) is 14.0 Å². The third kappa shape index (κ3) is 3.17. The maximum absolute atomic E-state index is 13.4. The predicted octanol–water partition coefficient (Wildman–Crippen LogP) is 1.57. The van der Waals surface area contributed by atoms with Crippen LogP contribution in [0.2, 0.25) is 0 Å². The van der Waals surface area contributed by atoms with Crippen molar-refractivity contribution < 1.29 is 8.78 Å². The van der Waals surface area contributed by atoms with Crippen molar-refractivity contribution in [3.05, 3.63) is 0 Å². The van der Waals surface area contributed by atoms with E-state index in [1.165, 1.54) is 0 Å². The average molecular weight is 206 g/mol. The van der Waals surface area contributed by atoms with Gasteiger partial charge in [0.2, 0.25) is 0 Å². The van der Waals surface area contributed by atoms with Crippen molar-refractivity contribution in [1.82, 2.24) is 10.2 Å². The van der Waals surface area contributed by atoms with E-state index in [9.17, 15) is 8.78 Å². The predicted molar refractivity (Wildman–Crippen MR) is 53.7 cm³/mol. The summed E-state index contributed by atoms with van der Waals surface area (Å²) in [5.41, 5.74) is 0. The van der Waals surface area contributed by atoms with Crippen LogP contribution in [0.25, 0.3) is 0 Å². The lowest BCUT2D eigenvalue weighted by atomic mass is 9.92. The van der Waals surface area contributed by atoms with Gasteiger partial charge in [-0.1, -0.05) is 6.92 Å². The molecule has 0 aromatic rings. The number of hydrogen-bond donors (Lipinski definition) is 1. The minimum absolute atomic E-state index is 0.00644. The first-order valence-electron chi connectivity index (χ1n) is 5.33. The molecule has 1 fully saturated rings. The summed E-state index contributed by atoms with van der Waals surface area (Å²) in [7, 11) is 1.97. The van der Waals surface area contributed by atoms with Crippen LogP contribution in [0, 0.1) is 5.92 Å². The molecule has 1 unspecified atom stereocenters. The fourth-order valence-corrected chi connectivity index (χ4v) is 1.73. The molecule has 1 rings (SSSR count). The van der Waals surface area contributed by atoms with E-state index in [0.29, 0.717) is 19.5 Å². The number of halogens is 2. The topological polar surface area (TPSA) is 15.3 Å². The smallest absolute Gasteiger partial charge is 0.253 e. The molecule has 1 N–H and O–H groups in total. The summed E-state index contributed by atoms with van der Waals surface area (Å²) >= 11 is 0. The van der Waals surface area contributed by atoms with E-state index in [2.05, 4.69) is 10.2 Å². The van der Waals surface area contributed by atoms with E-state index in [4.69, 9.17) is 0 Å². The molecule has 0 aromatic heterocycles. The molecule has 0 bridgehead atoms. The molecule has 1 saturated heterocycles. The summed E-state index contributed by atoms with van der Waals surface area (Å²) in [6.07, 6.45) is 0.581. The number of nitrogens with one attached hydrogen (secondary N) is 1. The van der Waals surface area contributed by atoms with Crippen molar-refractivity contribution in [1.29, 1.82) is 0 Å². The van der Waals surface area contributed by atoms with E-state index >= 15 is 0 Å². The van der Waals surface area contributed by atoms with Gasteiger partial charge >= 0.3 is 0 Å². The number of nitrogens with zero attached hydrogens (tertiary/aromatic N) is 1. The minimum Gasteiger partial charge on any atom is -0.316 e. The fraction of sp³-hybridized carbons (Fsp3) is 1.00. The molecule has 1 aliphatic heterocycles. The van der Waals surface area contributed by atoms with Crippen LogP contribution >= 0.6 is 0 Å². The summed E-state index contributed by atoms with van der Waals surface area (Å²) in [5, 5.41) is 3.03. The molecular weight excluding hydrogens is 186 g/mol. The van der Waals surface area contributed by atoms with Gasteiger partial charge in [-0.05, 0) is 26.6 Å². The van der Waals surface area contributed by atoms with E-state index < -0.39 is 11.8 Å². The van der Waals surface area contributed by atoms with Crippen LogP contribution in [-0.4, -0.2) is 44.0 Å². The van der Waals surface area contributed by atoms with Crippen LogP contribution in [0.3, 0.4) is 0 Å². The highest BCUT2D eigenvalue weighted by Gasteiger charge is 2.40. The highest BCUT2D eigenvalue weighted by atomic mass is 19.3. The zero-order chi connectivity index (χ0) is 10.6. The monoisotopic (exact) mass is 206 g/mol. The molecule has 0 aromatic carbocycles. The number of piperidine rings is 1. The third-order valence-electron chi connectivity index (χ3n) is 3.02. The lowest BCUT2D eigenvalue weighted by Crippen LogP contribution is -2.45. The van der Waals surface area contributed by atoms with Gasteiger partial charge in [0, 0.05) is 25.4 Å². The maximum Gasteiger partial charge on any atom is 0.253 e. The molecule has 0 aliphatic carbocycles. The van der Waals surface area contributed by atoms with Gasteiger partial charge in [0.05, 0.1) is 0 Å². The molecule has 14 heavy (non-hydrogen) atoms. The van der Waals surface area contributed by atoms with E-state index in [0.717, 1.165) is 13.1 Å². The molecule has 1 atom stereocenters. The Labute approximate surface area is 84.7 Å². The molecule has 0 amide bonds. The molecule has 0 spiro atoms. The van der Waals surface area contributed by atoms with Gasteiger partial charge in [-0.15, -0.1) is 0 Å². The van der Waals surface area contributed by atoms with Crippen LogP contribution in [-0.2, 0) is 0 Å². The lowest BCUT2D eigenvalue weighted by molar-refractivity contribution is -0.0821. The van der Waals surface area contributed by atoms with Crippen molar-refractivity contribution in [3.63, 3.8) is 0 Å². The number of hydrogen-bond acceptors (Lipinski definition) is 2. The SMILES string of the molecule is CCN(C)CCC1CNCCC1(F)F. The number of alkyl halides is 2. The Morgan fingerprint density at radius 2 is 2.21 bits per heavy atom. The van der Waals surface area contributed by atoms with Crippen molar-refractivity contribution in [2.45, 2.75) is 25.7 Å². The molecule has 2 nitrogen and oxygen atoms in total. The average Bonchev–Trinajstić information content (AvgIpc) is 2.15. The largest absolute Gasteiger partial charge is 0.316 e. The van der Waals surface area contributed by atoms with Crippen LogP contribution < -0.4 is 5.32 Å². The van der Waals surface area contributed by atoms with Crippen molar-refractivity contribution in [2.24, 2.45) is 5.92 Å². The van der Waals surface area contributed by atoms with Crippen molar-refractivity contribution >= 4 is 0 Å². The van der Waals surface area contributed by atoms with Crippen LogP contribution in [0.5, 0.6) is 0 Å². The molecule has 84 valence electrons. The van der Waals surface area contributed by atoms with Crippen LogP contribution in [0.1, 0.15) is 19.8 Å². The molecule has 4 heteroatoms. The highest BCUT2D eigenvalue weighted by Crippen LogP contribution is 2.32. The van der Waals surface area contributed by atoms with Crippen molar-refractivity contribution in [3.8, 4) is 0 Å². The van der Waals surface area contributed by atoms with Gasteiger partial charge in [0.25, 0.3) is 5.92 Å². The Morgan fingerprint density at radius 3 is 2.79 bits per heavy atom. The molecule has 1 heterocycles. The molecule has 1 aliphatic rings. The molecular formula is C10H20F2N2. The Hall–Kier alpha value is -0.220. The zero-order valence-electron chi connectivity index (χ0n) is 9.02. The summed E-state index contributed by atoms with van der Waals surface area (Å²) in [6.45, 7) is 4.64. The molecule has 0 radical (unpaired) electrons. The molecule has 0 saturated carbocycles. The summed E-state index contributed by atoms with van der Waals surface area (Å²) in [4.78, 5) is 2.07. The Balaban J connectivity index is 2.34. The van der Waals surface area contributed by atoms with Gasteiger partial charge in [-0.25, -0.2) is 8.78 Å². The van der Waals surface area contributed by atoms with Gasteiger partial charge in [0.1, 0.15) is 0 Å². The summed E-state index contributed by atoms with van der Waals surface area (Å²) in [5.74, 6) is -2.94. The third-order valence-corrected chi connectivity index (χ3v) is 3.02. The fourth-order valence-electron chi connectivity index (χ4n) is 1.73. The van der Waals surface area contributed by atoms with Crippen LogP contribution in [0.15, 0.2) is 0 Å². The van der Waals surface area contributed by atoms with Crippen molar-refractivity contribution in [2.75, 3.05) is 33.2 Å². The second-order valence-electron chi connectivity index (χ2n) is 4.10. The second-order valence-corrected chi connectivity index (χ2v) is 4.10. The maximum atomic E-state index is 13.4. The Morgan fingerprint density at radius 1 is 1.50 bits per heavy atom. The number of rotatable bonds is 4. The summed E-state index contributed by atoms with van der Waals surface area (Å²) < 4.78 is 26.7. The second kappa shape index (κ2) is 5.03. The van der Waals surface area contributed by atoms with E-state index in [-0.39, 0.29) is 6.42 Å². The van der Waals surface area contributed by atoms with E-state index in [1.54, 1.807) is 0 Å². The van der Waals surface area contributed by atoms with Gasteiger partial charge in [-0.2, -0.15) is 0 Å². The first-order chi connectivity index (χ1) is 6.56. The standard InChI is InChI=1S/C10H20F2N2/c1-3-14(2)7-4-9-8-13-6-5-10(9,11)12/h9,13H,3-8H2,1-2H3. The minimum atomic E-state index is -2.46. The van der Waals surface area contributed by atoms with Gasteiger partial charge in [-0.3, -0.25) is 0 Å². The Bertz CT molecular complexity index is 174. The normalized spacial score (nSPS) is 26.8. The quantitative estimate of drug-likeness (QED) is 0.751. The van der Waals surface area contributed by atoms with Gasteiger partial charge < -0.3 is 10.2 Å². The summed E-state index contributed by atoms with van der Waals surface area (Å²) in [6, 6.07) is 0.